The molecule has 0 atom stereocenters. The summed E-state index contributed by atoms with van der Waals surface area (Å²) >= 11 is 0. The highest BCUT2D eigenvalue weighted by molar-refractivity contribution is 5.89. The Balaban J connectivity index is 2.15. The molecule has 20 heavy (non-hydrogen) atoms. The maximum absolute atomic E-state index is 13.3. The zero-order valence-corrected chi connectivity index (χ0v) is 11.2. The lowest BCUT2D eigenvalue weighted by atomic mass is 10.1. The molecule has 2 N–H and O–H groups in total. The molecule has 0 aromatic heterocycles. The van der Waals surface area contributed by atoms with E-state index in [0.717, 1.165) is 18.1 Å². The zero-order chi connectivity index (χ0) is 14.5. The first-order chi connectivity index (χ1) is 9.61. The number of halogens is 1. The number of hydrogen-bond acceptors (Lipinski definition) is 2. The van der Waals surface area contributed by atoms with E-state index >= 15 is 0 Å². The minimum Gasteiger partial charge on any atom is -0.478 e. The van der Waals surface area contributed by atoms with Gasteiger partial charge < -0.3 is 10.4 Å². The summed E-state index contributed by atoms with van der Waals surface area (Å²) in [6.07, 6.45) is 0.932. The Bertz CT molecular complexity index is 626. The van der Waals surface area contributed by atoms with Crippen LogP contribution in [0.1, 0.15) is 28.4 Å². The van der Waals surface area contributed by atoms with E-state index in [1.165, 1.54) is 17.7 Å². The number of aromatic carboxylic acids is 1. The van der Waals surface area contributed by atoms with Gasteiger partial charge in [-0.15, -0.1) is 0 Å². The van der Waals surface area contributed by atoms with Gasteiger partial charge in [0, 0.05) is 12.2 Å². The number of hydrogen-bond donors (Lipinski definition) is 2. The molecule has 0 unspecified atom stereocenters. The molecule has 0 fully saturated rings. The first kappa shape index (κ1) is 14.1. The third kappa shape index (κ3) is 3.15. The van der Waals surface area contributed by atoms with Crippen molar-refractivity contribution in [3.8, 4) is 0 Å². The Morgan fingerprint density at radius 2 is 1.90 bits per heavy atom. The molecule has 2 aromatic rings. The van der Waals surface area contributed by atoms with Crippen LogP contribution in [0.5, 0.6) is 0 Å². The van der Waals surface area contributed by atoms with E-state index in [0.29, 0.717) is 12.2 Å². The van der Waals surface area contributed by atoms with Gasteiger partial charge in [0.2, 0.25) is 0 Å². The van der Waals surface area contributed by atoms with Crippen LogP contribution in [-0.2, 0) is 13.0 Å². The summed E-state index contributed by atoms with van der Waals surface area (Å²) in [5.74, 6) is -1.99. The Labute approximate surface area is 117 Å². The molecule has 0 radical (unpaired) electrons. The van der Waals surface area contributed by atoms with Crippen molar-refractivity contribution in [3.05, 3.63) is 65.0 Å². The molecule has 0 saturated carbocycles. The van der Waals surface area contributed by atoms with Gasteiger partial charge in [0.15, 0.2) is 0 Å². The average molecular weight is 273 g/mol. The fourth-order valence-corrected chi connectivity index (χ4v) is 2.07. The van der Waals surface area contributed by atoms with Crippen molar-refractivity contribution in [2.75, 3.05) is 5.32 Å². The van der Waals surface area contributed by atoms with Gasteiger partial charge in [-0.1, -0.05) is 31.2 Å². The monoisotopic (exact) mass is 273 g/mol. The topological polar surface area (TPSA) is 49.3 Å². The Hall–Kier alpha value is -2.36. The first-order valence-electron chi connectivity index (χ1n) is 6.45. The lowest BCUT2D eigenvalue weighted by molar-refractivity contribution is 0.0692. The van der Waals surface area contributed by atoms with E-state index in [4.69, 9.17) is 5.11 Å². The molecular formula is C16H16FNO2. The summed E-state index contributed by atoms with van der Waals surface area (Å²) in [4.78, 5) is 10.9. The molecule has 0 bridgehead atoms. The summed E-state index contributed by atoms with van der Waals surface area (Å²) in [5.41, 5.74) is 2.66. The van der Waals surface area contributed by atoms with Crippen molar-refractivity contribution in [2.24, 2.45) is 0 Å². The molecule has 0 aliphatic carbocycles. The van der Waals surface area contributed by atoms with Crippen molar-refractivity contribution >= 4 is 11.7 Å². The zero-order valence-electron chi connectivity index (χ0n) is 11.2. The number of carboxylic acid groups (broad SMARTS) is 1. The highest BCUT2D eigenvalue weighted by atomic mass is 19.1. The van der Waals surface area contributed by atoms with Gasteiger partial charge in [0.25, 0.3) is 0 Å². The second-order valence-electron chi connectivity index (χ2n) is 4.48. The van der Waals surface area contributed by atoms with Gasteiger partial charge in [0.05, 0.1) is 5.56 Å². The SMILES string of the molecule is CCc1ccccc1CNc1ccc(F)c(C(=O)O)c1. The average Bonchev–Trinajstić information content (AvgIpc) is 2.46. The van der Waals surface area contributed by atoms with E-state index in [2.05, 4.69) is 18.3 Å². The minimum atomic E-state index is -1.26. The molecule has 0 spiro atoms. The summed E-state index contributed by atoms with van der Waals surface area (Å²) in [6, 6.07) is 12.0. The van der Waals surface area contributed by atoms with Crippen LogP contribution in [0.25, 0.3) is 0 Å². The van der Waals surface area contributed by atoms with E-state index in [1.54, 1.807) is 0 Å². The number of anilines is 1. The first-order valence-corrected chi connectivity index (χ1v) is 6.45. The highest BCUT2D eigenvalue weighted by Crippen LogP contribution is 2.17. The molecule has 0 amide bonds. The fourth-order valence-electron chi connectivity index (χ4n) is 2.07. The predicted molar refractivity (Wildman–Crippen MR) is 76.5 cm³/mol. The number of benzene rings is 2. The smallest absolute Gasteiger partial charge is 0.338 e. The molecule has 2 rings (SSSR count). The molecule has 0 heterocycles. The lowest BCUT2D eigenvalue weighted by Crippen LogP contribution is -2.05. The van der Waals surface area contributed by atoms with Crippen LogP contribution in [0.15, 0.2) is 42.5 Å². The van der Waals surface area contributed by atoms with Gasteiger partial charge >= 0.3 is 5.97 Å². The molecule has 104 valence electrons. The Morgan fingerprint density at radius 1 is 1.20 bits per heavy atom. The third-order valence-electron chi connectivity index (χ3n) is 3.18. The van der Waals surface area contributed by atoms with Crippen LogP contribution in [0.3, 0.4) is 0 Å². The number of aryl methyl sites for hydroxylation is 1. The van der Waals surface area contributed by atoms with E-state index < -0.39 is 11.8 Å². The number of carboxylic acids is 1. The molecule has 0 aliphatic heterocycles. The summed E-state index contributed by atoms with van der Waals surface area (Å²) in [5, 5.41) is 12.0. The predicted octanol–water partition coefficient (Wildman–Crippen LogP) is 3.70. The van der Waals surface area contributed by atoms with Gasteiger partial charge in [-0.2, -0.15) is 0 Å². The van der Waals surface area contributed by atoms with Crippen LogP contribution in [-0.4, -0.2) is 11.1 Å². The fraction of sp³-hybridized carbons (Fsp3) is 0.188. The molecule has 3 nitrogen and oxygen atoms in total. The largest absolute Gasteiger partial charge is 0.478 e. The van der Waals surface area contributed by atoms with Crippen molar-refractivity contribution in [3.63, 3.8) is 0 Å². The van der Waals surface area contributed by atoms with Crippen molar-refractivity contribution in [1.82, 2.24) is 0 Å². The summed E-state index contributed by atoms with van der Waals surface area (Å²) in [6.45, 7) is 2.66. The second-order valence-corrected chi connectivity index (χ2v) is 4.48. The maximum Gasteiger partial charge on any atom is 0.338 e. The van der Waals surface area contributed by atoms with E-state index in [1.807, 2.05) is 18.2 Å². The van der Waals surface area contributed by atoms with Crippen molar-refractivity contribution in [2.45, 2.75) is 19.9 Å². The Kier molecular flexibility index (Phi) is 4.35. The van der Waals surface area contributed by atoms with Crippen LogP contribution in [0.4, 0.5) is 10.1 Å². The van der Waals surface area contributed by atoms with Gasteiger partial charge in [-0.05, 0) is 35.7 Å². The number of carbonyl (C=O) groups is 1. The van der Waals surface area contributed by atoms with Gasteiger partial charge in [-0.3, -0.25) is 0 Å². The van der Waals surface area contributed by atoms with Crippen LogP contribution >= 0.6 is 0 Å². The van der Waals surface area contributed by atoms with Crippen LogP contribution in [0.2, 0.25) is 0 Å². The highest BCUT2D eigenvalue weighted by Gasteiger charge is 2.10. The van der Waals surface area contributed by atoms with E-state index in [-0.39, 0.29) is 5.56 Å². The summed E-state index contributed by atoms with van der Waals surface area (Å²) < 4.78 is 13.3. The van der Waals surface area contributed by atoms with Crippen molar-refractivity contribution < 1.29 is 14.3 Å². The normalized spacial score (nSPS) is 10.3. The number of nitrogens with one attached hydrogen (secondary N) is 1. The molecule has 2 aromatic carbocycles. The van der Waals surface area contributed by atoms with Crippen LogP contribution < -0.4 is 5.32 Å². The molecule has 4 heteroatoms. The lowest BCUT2D eigenvalue weighted by Gasteiger charge is -2.11. The van der Waals surface area contributed by atoms with E-state index in [9.17, 15) is 9.18 Å². The number of rotatable bonds is 5. The van der Waals surface area contributed by atoms with Crippen molar-refractivity contribution in [1.29, 1.82) is 0 Å². The van der Waals surface area contributed by atoms with Crippen LogP contribution in [0, 0.1) is 5.82 Å². The minimum absolute atomic E-state index is 0.321. The third-order valence-corrected chi connectivity index (χ3v) is 3.18. The maximum atomic E-state index is 13.3. The van der Waals surface area contributed by atoms with Gasteiger partial charge in [0.1, 0.15) is 5.82 Å². The van der Waals surface area contributed by atoms with Gasteiger partial charge in [-0.25, -0.2) is 9.18 Å². The quantitative estimate of drug-likeness (QED) is 0.873. The summed E-state index contributed by atoms with van der Waals surface area (Å²) in [7, 11) is 0. The standard InChI is InChI=1S/C16H16FNO2/c1-2-11-5-3-4-6-12(11)10-18-13-7-8-15(17)14(9-13)16(19)20/h3-9,18H,2,10H2,1H3,(H,19,20). The molecule has 0 saturated heterocycles. The molecule has 0 aliphatic rings. The second kappa shape index (κ2) is 6.19. The molecular weight excluding hydrogens is 257 g/mol. The Morgan fingerprint density at radius 3 is 2.55 bits per heavy atom.